The molecule has 1 saturated heterocycles. The van der Waals surface area contributed by atoms with E-state index in [2.05, 4.69) is 11.3 Å². The van der Waals surface area contributed by atoms with Gasteiger partial charge in [0.25, 0.3) is 5.91 Å². The van der Waals surface area contributed by atoms with E-state index in [9.17, 15) is 17.6 Å². The Bertz CT molecular complexity index is 705. The highest BCUT2D eigenvalue weighted by Gasteiger charge is 2.30. The largest absolute Gasteiger partial charge is 0.496 e. The number of methoxy groups -OCH3 is 1. The molecule has 0 aromatic heterocycles. The van der Waals surface area contributed by atoms with Gasteiger partial charge >= 0.3 is 0 Å². The van der Waals surface area contributed by atoms with Crippen molar-refractivity contribution in [1.82, 2.24) is 9.62 Å². The fourth-order valence-corrected chi connectivity index (χ4v) is 3.10. The molecule has 1 aliphatic heterocycles. The van der Waals surface area contributed by atoms with Crippen molar-refractivity contribution in [3.63, 3.8) is 0 Å². The van der Waals surface area contributed by atoms with Crippen molar-refractivity contribution in [2.75, 3.05) is 26.7 Å². The highest BCUT2D eigenvalue weighted by atomic mass is 32.2. The first-order chi connectivity index (χ1) is 10.9. The highest BCUT2D eigenvalue weighted by Crippen LogP contribution is 2.26. The van der Waals surface area contributed by atoms with Crippen LogP contribution in [-0.2, 0) is 10.0 Å². The van der Waals surface area contributed by atoms with Gasteiger partial charge in [-0.05, 0) is 24.5 Å². The molecule has 0 radical (unpaired) electrons. The minimum atomic E-state index is -3.48. The molecule has 1 amide bonds. The molecule has 0 spiro atoms. The molecule has 0 bridgehead atoms. The van der Waals surface area contributed by atoms with Crippen molar-refractivity contribution >= 4 is 15.9 Å². The summed E-state index contributed by atoms with van der Waals surface area (Å²) >= 11 is 0. The number of hydrogen-bond donors (Lipinski definition) is 1. The van der Waals surface area contributed by atoms with Crippen molar-refractivity contribution in [2.24, 2.45) is 5.92 Å². The first-order valence-electron chi connectivity index (χ1n) is 7.12. The fraction of sp³-hybridized carbons (Fsp3) is 0.400. The number of carbonyl (C=O) groups is 1. The summed E-state index contributed by atoms with van der Waals surface area (Å²) in [6.45, 7) is 4.23. The topological polar surface area (TPSA) is 75.7 Å². The average molecular weight is 342 g/mol. The maximum atomic E-state index is 14.0. The Kier molecular flexibility index (Phi) is 5.38. The SMILES string of the molecule is C=CS(=O)(=O)NCC1CCN(C(=O)c2c(F)cccc2OC)C1. The van der Waals surface area contributed by atoms with E-state index in [4.69, 9.17) is 4.74 Å². The number of carbonyl (C=O) groups excluding carboxylic acids is 1. The van der Waals surface area contributed by atoms with Crippen LogP contribution in [0.3, 0.4) is 0 Å². The Morgan fingerprint density at radius 3 is 2.96 bits per heavy atom. The third-order valence-electron chi connectivity index (χ3n) is 3.77. The van der Waals surface area contributed by atoms with Crippen LogP contribution in [0.2, 0.25) is 0 Å². The van der Waals surface area contributed by atoms with E-state index < -0.39 is 21.7 Å². The number of halogens is 1. The van der Waals surface area contributed by atoms with Gasteiger partial charge in [0.15, 0.2) is 0 Å². The second-order valence-electron chi connectivity index (χ2n) is 5.28. The van der Waals surface area contributed by atoms with Crippen LogP contribution in [0.4, 0.5) is 4.39 Å². The van der Waals surface area contributed by atoms with Crippen molar-refractivity contribution in [1.29, 1.82) is 0 Å². The van der Waals surface area contributed by atoms with Gasteiger partial charge in [0.05, 0.1) is 7.11 Å². The summed E-state index contributed by atoms with van der Waals surface area (Å²) < 4.78 is 44.1. The highest BCUT2D eigenvalue weighted by molar-refractivity contribution is 7.92. The number of benzene rings is 1. The second kappa shape index (κ2) is 7.10. The maximum absolute atomic E-state index is 14.0. The van der Waals surface area contributed by atoms with E-state index in [0.29, 0.717) is 19.5 Å². The lowest BCUT2D eigenvalue weighted by molar-refractivity contribution is 0.0779. The van der Waals surface area contributed by atoms with Crippen LogP contribution in [0.25, 0.3) is 0 Å². The van der Waals surface area contributed by atoms with Gasteiger partial charge in [0.2, 0.25) is 10.0 Å². The predicted octanol–water partition coefficient (Wildman–Crippen LogP) is 1.36. The van der Waals surface area contributed by atoms with E-state index in [1.54, 1.807) is 0 Å². The zero-order valence-electron chi connectivity index (χ0n) is 12.8. The summed E-state index contributed by atoms with van der Waals surface area (Å²) in [6, 6.07) is 4.21. The number of sulfonamides is 1. The van der Waals surface area contributed by atoms with E-state index in [0.717, 1.165) is 5.41 Å². The Morgan fingerprint density at radius 2 is 2.30 bits per heavy atom. The first kappa shape index (κ1) is 17.4. The molecular formula is C15H19FN2O4S. The van der Waals surface area contributed by atoms with Gasteiger partial charge in [0.1, 0.15) is 17.1 Å². The molecule has 1 unspecified atom stereocenters. The van der Waals surface area contributed by atoms with Crippen LogP contribution >= 0.6 is 0 Å². The van der Waals surface area contributed by atoms with Crippen LogP contribution in [0.1, 0.15) is 16.8 Å². The van der Waals surface area contributed by atoms with E-state index in [1.807, 2.05) is 0 Å². The molecule has 1 atom stereocenters. The number of hydrogen-bond acceptors (Lipinski definition) is 4. The molecule has 6 nitrogen and oxygen atoms in total. The third-order valence-corrected chi connectivity index (χ3v) is 4.78. The van der Waals surface area contributed by atoms with E-state index in [-0.39, 0.29) is 23.8 Å². The van der Waals surface area contributed by atoms with Gasteiger partial charge < -0.3 is 9.64 Å². The standard InChI is InChI=1S/C15H19FN2O4S/c1-3-23(20,21)17-9-11-7-8-18(10-11)15(19)14-12(16)5-4-6-13(14)22-2/h3-6,11,17H,1,7-10H2,2H3. The van der Waals surface area contributed by atoms with Gasteiger partial charge in [-0.3, -0.25) is 4.79 Å². The quantitative estimate of drug-likeness (QED) is 0.847. The molecule has 2 rings (SSSR count). The zero-order valence-corrected chi connectivity index (χ0v) is 13.6. The number of ether oxygens (including phenoxy) is 1. The third kappa shape index (κ3) is 4.08. The van der Waals surface area contributed by atoms with Gasteiger partial charge in [-0.2, -0.15) is 0 Å². The Labute approximate surface area is 135 Å². The molecule has 23 heavy (non-hydrogen) atoms. The van der Waals surface area contributed by atoms with Crippen LogP contribution < -0.4 is 9.46 Å². The molecular weight excluding hydrogens is 323 g/mol. The van der Waals surface area contributed by atoms with Crippen LogP contribution in [0, 0.1) is 11.7 Å². The molecule has 1 aromatic rings. The molecule has 8 heteroatoms. The maximum Gasteiger partial charge on any atom is 0.260 e. The number of amides is 1. The van der Waals surface area contributed by atoms with Crippen molar-refractivity contribution in [2.45, 2.75) is 6.42 Å². The average Bonchev–Trinajstić information content (AvgIpc) is 3.01. The summed E-state index contributed by atoms with van der Waals surface area (Å²) in [5.74, 6) is -0.920. The lowest BCUT2D eigenvalue weighted by Crippen LogP contribution is -2.33. The summed E-state index contributed by atoms with van der Waals surface area (Å²) in [5, 5.41) is 0.842. The minimum absolute atomic E-state index is 0.0218. The summed E-state index contributed by atoms with van der Waals surface area (Å²) in [6.07, 6.45) is 0.641. The molecule has 1 fully saturated rings. The van der Waals surface area contributed by atoms with Crippen molar-refractivity contribution in [3.05, 3.63) is 41.6 Å². The predicted molar refractivity (Wildman–Crippen MR) is 84.1 cm³/mol. The summed E-state index contributed by atoms with van der Waals surface area (Å²) in [4.78, 5) is 14.0. The summed E-state index contributed by atoms with van der Waals surface area (Å²) in [5.41, 5.74) is -0.0951. The number of likely N-dealkylation sites (tertiary alicyclic amines) is 1. The molecule has 1 heterocycles. The molecule has 1 aromatic carbocycles. The Balaban J connectivity index is 2.05. The molecule has 1 N–H and O–H groups in total. The van der Waals surface area contributed by atoms with Crippen LogP contribution in [0.5, 0.6) is 5.75 Å². The van der Waals surface area contributed by atoms with E-state index >= 15 is 0 Å². The molecule has 0 aliphatic carbocycles. The molecule has 126 valence electrons. The lowest BCUT2D eigenvalue weighted by Gasteiger charge is -2.18. The van der Waals surface area contributed by atoms with E-state index in [1.165, 1.54) is 30.2 Å². The van der Waals surface area contributed by atoms with Crippen LogP contribution in [-0.4, -0.2) is 46.0 Å². The monoisotopic (exact) mass is 342 g/mol. The smallest absolute Gasteiger partial charge is 0.260 e. The molecule has 0 saturated carbocycles. The van der Waals surface area contributed by atoms with Gasteiger partial charge in [0, 0.05) is 25.0 Å². The van der Waals surface area contributed by atoms with Crippen molar-refractivity contribution < 1.29 is 22.3 Å². The minimum Gasteiger partial charge on any atom is -0.496 e. The van der Waals surface area contributed by atoms with Crippen molar-refractivity contribution in [3.8, 4) is 5.75 Å². The lowest BCUT2D eigenvalue weighted by atomic mass is 10.1. The fourth-order valence-electron chi connectivity index (χ4n) is 2.52. The van der Waals surface area contributed by atoms with Gasteiger partial charge in [-0.25, -0.2) is 17.5 Å². The number of nitrogens with zero attached hydrogens (tertiary/aromatic N) is 1. The van der Waals surface area contributed by atoms with Crippen LogP contribution in [0.15, 0.2) is 30.2 Å². The zero-order chi connectivity index (χ0) is 17.0. The second-order valence-corrected chi connectivity index (χ2v) is 7.00. The van der Waals surface area contributed by atoms with Gasteiger partial charge in [-0.15, -0.1) is 0 Å². The van der Waals surface area contributed by atoms with Gasteiger partial charge in [-0.1, -0.05) is 12.6 Å². The normalized spacial score (nSPS) is 18.0. The first-order valence-corrected chi connectivity index (χ1v) is 8.66. The summed E-state index contributed by atoms with van der Waals surface area (Å²) in [7, 11) is -2.11. The molecule has 1 aliphatic rings. The Hall–Kier alpha value is -1.93. The Morgan fingerprint density at radius 1 is 1.57 bits per heavy atom. The number of rotatable bonds is 6. The number of nitrogens with one attached hydrogen (secondary N) is 1.